The normalized spacial score (nSPS) is 14.3. The van der Waals surface area contributed by atoms with Crippen molar-refractivity contribution in [3.8, 4) is 5.75 Å². The number of anilines is 2. The molecule has 146 valence electrons. The van der Waals surface area contributed by atoms with Gasteiger partial charge < -0.3 is 19.7 Å². The van der Waals surface area contributed by atoms with Gasteiger partial charge in [-0.2, -0.15) is 0 Å². The Morgan fingerprint density at radius 2 is 2.04 bits per heavy atom. The van der Waals surface area contributed by atoms with Crippen molar-refractivity contribution in [2.24, 2.45) is 0 Å². The van der Waals surface area contributed by atoms with E-state index in [-0.39, 0.29) is 5.91 Å². The number of benzene rings is 2. The second-order valence-electron chi connectivity index (χ2n) is 6.55. The van der Waals surface area contributed by atoms with Crippen LogP contribution in [0, 0.1) is 0 Å². The summed E-state index contributed by atoms with van der Waals surface area (Å²) in [6.45, 7) is 5.24. The van der Waals surface area contributed by atoms with E-state index >= 15 is 0 Å². The average Bonchev–Trinajstić information content (AvgIpc) is 3.20. The Labute approximate surface area is 168 Å². The minimum Gasteiger partial charge on any atom is -0.495 e. The van der Waals surface area contributed by atoms with Gasteiger partial charge in [0.2, 0.25) is 0 Å². The molecule has 4 rings (SSSR count). The van der Waals surface area contributed by atoms with Crippen molar-refractivity contribution < 1.29 is 14.3 Å². The summed E-state index contributed by atoms with van der Waals surface area (Å²) in [6, 6.07) is 11.6. The predicted molar refractivity (Wildman–Crippen MR) is 113 cm³/mol. The van der Waals surface area contributed by atoms with Crippen molar-refractivity contribution in [2.45, 2.75) is 13.3 Å². The Bertz CT molecular complexity index is 996. The number of methoxy groups -OCH3 is 1. The second-order valence-corrected chi connectivity index (χ2v) is 7.55. The van der Waals surface area contributed by atoms with Gasteiger partial charge in [0.15, 0.2) is 5.01 Å². The summed E-state index contributed by atoms with van der Waals surface area (Å²) < 4.78 is 11.9. The highest BCUT2D eigenvalue weighted by Crippen LogP contribution is 2.35. The number of para-hydroxylation sites is 2. The third-order valence-electron chi connectivity index (χ3n) is 4.89. The van der Waals surface area contributed by atoms with Gasteiger partial charge in [0.25, 0.3) is 5.91 Å². The summed E-state index contributed by atoms with van der Waals surface area (Å²) >= 11 is 1.44. The average molecular weight is 398 g/mol. The van der Waals surface area contributed by atoms with Crippen LogP contribution in [0.25, 0.3) is 10.2 Å². The van der Waals surface area contributed by atoms with Gasteiger partial charge in [0.05, 0.1) is 41.9 Å². The molecule has 1 amide bonds. The summed E-state index contributed by atoms with van der Waals surface area (Å²) in [5.74, 6) is 0.404. The van der Waals surface area contributed by atoms with E-state index in [1.54, 1.807) is 7.11 Å². The molecule has 1 aliphatic rings. The number of aryl methyl sites for hydroxylation is 1. The fourth-order valence-electron chi connectivity index (χ4n) is 3.40. The van der Waals surface area contributed by atoms with Crippen LogP contribution in [0.3, 0.4) is 0 Å². The number of thiazole rings is 1. The monoisotopic (exact) mass is 397 g/mol. The van der Waals surface area contributed by atoms with Crippen molar-refractivity contribution in [1.82, 2.24) is 4.98 Å². The topological polar surface area (TPSA) is 63.7 Å². The Kier molecular flexibility index (Phi) is 5.45. The van der Waals surface area contributed by atoms with Gasteiger partial charge in [-0.1, -0.05) is 25.1 Å². The van der Waals surface area contributed by atoms with Gasteiger partial charge in [-0.3, -0.25) is 4.79 Å². The first-order valence-corrected chi connectivity index (χ1v) is 10.2. The van der Waals surface area contributed by atoms with E-state index in [1.165, 1.54) is 11.3 Å². The zero-order valence-electron chi connectivity index (χ0n) is 16.0. The predicted octanol–water partition coefficient (Wildman–Crippen LogP) is 3.96. The third-order valence-corrected chi connectivity index (χ3v) is 5.97. The molecule has 0 spiro atoms. The van der Waals surface area contributed by atoms with Crippen LogP contribution in [0.5, 0.6) is 5.75 Å². The molecular weight excluding hydrogens is 374 g/mol. The number of amides is 1. The lowest BCUT2D eigenvalue weighted by atomic mass is 10.1. The first-order valence-electron chi connectivity index (χ1n) is 9.40. The van der Waals surface area contributed by atoms with E-state index in [9.17, 15) is 4.79 Å². The number of carbonyl (C=O) groups excluding carboxylic acids is 1. The minimum atomic E-state index is -0.222. The Morgan fingerprint density at radius 1 is 1.25 bits per heavy atom. The molecule has 1 fully saturated rings. The first kappa shape index (κ1) is 18.7. The SMILES string of the molecule is CCc1ccc(N2CCOCC2)c2sc(C(=O)Nc3ccccc3OC)nc12. The van der Waals surface area contributed by atoms with Crippen molar-refractivity contribution in [3.05, 3.63) is 47.0 Å². The number of carbonyl (C=O) groups is 1. The lowest BCUT2D eigenvalue weighted by Gasteiger charge is -2.29. The van der Waals surface area contributed by atoms with Crippen molar-refractivity contribution in [3.63, 3.8) is 0 Å². The van der Waals surface area contributed by atoms with Crippen molar-refractivity contribution >= 4 is 38.8 Å². The van der Waals surface area contributed by atoms with Gasteiger partial charge in [0.1, 0.15) is 5.75 Å². The molecule has 7 heteroatoms. The summed E-state index contributed by atoms with van der Waals surface area (Å²) in [7, 11) is 1.59. The van der Waals surface area contributed by atoms with E-state index < -0.39 is 0 Å². The molecule has 0 radical (unpaired) electrons. The highest BCUT2D eigenvalue weighted by molar-refractivity contribution is 7.21. The van der Waals surface area contributed by atoms with E-state index in [0.717, 1.165) is 54.2 Å². The molecule has 0 aliphatic carbocycles. The van der Waals surface area contributed by atoms with Gasteiger partial charge in [-0.15, -0.1) is 11.3 Å². The fourth-order valence-corrected chi connectivity index (χ4v) is 4.45. The Hall–Kier alpha value is -2.64. The number of fused-ring (bicyclic) bond motifs is 1. The lowest BCUT2D eigenvalue weighted by Crippen LogP contribution is -2.36. The van der Waals surface area contributed by atoms with Gasteiger partial charge in [0, 0.05) is 13.1 Å². The van der Waals surface area contributed by atoms with Gasteiger partial charge >= 0.3 is 0 Å². The summed E-state index contributed by atoms with van der Waals surface area (Å²) in [5.41, 5.74) is 3.84. The molecule has 1 saturated heterocycles. The molecule has 6 nitrogen and oxygen atoms in total. The van der Waals surface area contributed by atoms with Gasteiger partial charge in [-0.05, 0) is 30.2 Å². The highest BCUT2D eigenvalue weighted by atomic mass is 32.1. The molecule has 28 heavy (non-hydrogen) atoms. The smallest absolute Gasteiger partial charge is 0.284 e. The molecule has 1 N–H and O–H groups in total. The number of hydrogen-bond acceptors (Lipinski definition) is 6. The number of nitrogens with zero attached hydrogens (tertiary/aromatic N) is 2. The van der Waals surface area contributed by atoms with Crippen LogP contribution >= 0.6 is 11.3 Å². The van der Waals surface area contributed by atoms with E-state index in [1.807, 2.05) is 24.3 Å². The number of morpholine rings is 1. The molecule has 0 atom stereocenters. The Balaban J connectivity index is 1.70. The van der Waals surface area contributed by atoms with Crippen LogP contribution in [-0.2, 0) is 11.2 Å². The molecule has 0 saturated carbocycles. The van der Waals surface area contributed by atoms with Crippen LogP contribution in [0.4, 0.5) is 11.4 Å². The van der Waals surface area contributed by atoms with E-state index in [0.29, 0.717) is 16.4 Å². The van der Waals surface area contributed by atoms with Crippen LogP contribution in [0.2, 0.25) is 0 Å². The maximum Gasteiger partial charge on any atom is 0.284 e. The quantitative estimate of drug-likeness (QED) is 0.706. The largest absolute Gasteiger partial charge is 0.495 e. The number of hydrogen-bond donors (Lipinski definition) is 1. The molecule has 1 aromatic heterocycles. The number of ether oxygens (including phenoxy) is 2. The maximum absolute atomic E-state index is 12.9. The zero-order chi connectivity index (χ0) is 19.5. The molecule has 1 aliphatic heterocycles. The second kappa shape index (κ2) is 8.16. The van der Waals surface area contributed by atoms with Crippen molar-refractivity contribution in [2.75, 3.05) is 43.6 Å². The molecule has 0 unspecified atom stereocenters. The fraction of sp³-hybridized carbons (Fsp3) is 0.333. The molecule has 3 aromatic rings. The van der Waals surface area contributed by atoms with Crippen LogP contribution < -0.4 is 15.0 Å². The highest BCUT2D eigenvalue weighted by Gasteiger charge is 2.21. The maximum atomic E-state index is 12.9. The van der Waals surface area contributed by atoms with Crippen LogP contribution in [0.1, 0.15) is 22.3 Å². The third kappa shape index (κ3) is 3.55. The van der Waals surface area contributed by atoms with Crippen LogP contribution in [0.15, 0.2) is 36.4 Å². The zero-order valence-corrected chi connectivity index (χ0v) is 16.8. The molecule has 0 bridgehead atoms. The number of rotatable bonds is 5. The number of aromatic nitrogens is 1. The molecular formula is C21H23N3O3S. The van der Waals surface area contributed by atoms with Crippen molar-refractivity contribution in [1.29, 1.82) is 0 Å². The molecule has 2 heterocycles. The standard InChI is InChI=1S/C21H23N3O3S/c1-3-14-8-9-16(24-10-12-27-13-11-24)19-18(14)23-21(28-19)20(25)22-15-6-4-5-7-17(15)26-2/h4-9H,3,10-13H2,1-2H3,(H,22,25). The number of nitrogens with one attached hydrogen (secondary N) is 1. The summed E-state index contributed by atoms with van der Waals surface area (Å²) in [6.07, 6.45) is 0.872. The molecule has 2 aromatic carbocycles. The Morgan fingerprint density at radius 3 is 2.79 bits per heavy atom. The summed E-state index contributed by atoms with van der Waals surface area (Å²) in [5, 5.41) is 3.38. The van der Waals surface area contributed by atoms with E-state index in [4.69, 9.17) is 14.5 Å². The lowest BCUT2D eigenvalue weighted by molar-refractivity contribution is 0.102. The van der Waals surface area contributed by atoms with Crippen LogP contribution in [-0.4, -0.2) is 44.3 Å². The first-order chi connectivity index (χ1) is 13.7. The van der Waals surface area contributed by atoms with Gasteiger partial charge in [-0.25, -0.2) is 4.98 Å². The minimum absolute atomic E-state index is 0.222. The summed E-state index contributed by atoms with van der Waals surface area (Å²) in [4.78, 5) is 19.9. The van der Waals surface area contributed by atoms with E-state index in [2.05, 4.69) is 29.3 Å².